The number of ether oxygens (including phenoxy) is 1. The summed E-state index contributed by atoms with van der Waals surface area (Å²) in [4.78, 5) is 10.8. The lowest BCUT2D eigenvalue weighted by Gasteiger charge is -1.99. The van der Waals surface area contributed by atoms with Gasteiger partial charge in [0.05, 0.1) is 0 Å². The highest BCUT2D eigenvalue weighted by molar-refractivity contribution is 5.85. The van der Waals surface area contributed by atoms with E-state index in [0.717, 1.165) is 19.3 Å². The molecule has 64 valence electrons. The Morgan fingerprint density at radius 2 is 2.09 bits per heavy atom. The first-order valence-corrected chi connectivity index (χ1v) is 3.92. The zero-order valence-corrected chi connectivity index (χ0v) is 7.14. The second-order valence-corrected chi connectivity index (χ2v) is 2.49. The summed E-state index contributed by atoms with van der Waals surface area (Å²) in [6, 6.07) is 0. The Morgan fingerprint density at radius 3 is 2.55 bits per heavy atom. The second kappa shape index (κ2) is 5.89. The number of esters is 1. The van der Waals surface area contributed by atoms with Gasteiger partial charge in [0.2, 0.25) is 0 Å². The maximum Gasteiger partial charge on any atom is 0.312 e. The molecular weight excluding hydrogens is 142 g/mol. The standard InChI is InChI=1S/C8H15NO2/c1-3-4-5-6-8(10)11-7(2)9/h9H,3-6H2,1-2H3. The van der Waals surface area contributed by atoms with Gasteiger partial charge in [0.1, 0.15) is 0 Å². The number of hydrogen-bond acceptors (Lipinski definition) is 3. The molecule has 3 heteroatoms. The van der Waals surface area contributed by atoms with Crippen LogP contribution in [0.1, 0.15) is 39.5 Å². The first-order valence-electron chi connectivity index (χ1n) is 3.92. The minimum atomic E-state index is -0.286. The van der Waals surface area contributed by atoms with Crippen LogP contribution in [0.5, 0.6) is 0 Å². The van der Waals surface area contributed by atoms with E-state index < -0.39 is 0 Å². The summed E-state index contributed by atoms with van der Waals surface area (Å²) in [5.74, 6) is -0.308. The van der Waals surface area contributed by atoms with Gasteiger partial charge >= 0.3 is 5.97 Å². The van der Waals surface area contributed by atoms with Gasteiger partial charge in [-0.1, -0.05) is 19.8 Å². The molecule has 0 aromatic heterocycles. The van der Waals surface area contributed by atoms with E-state index in [2.05, 4.69) is 11.7 Å². The summed E-state index contributed by atoms with van der Waals surface area (Å²) < 4.78 is 4.54. The zero-order chi connectivity index (χ0) is 8.69. The first kappa shape index (κ1) is 10.1. The van der Waals surface area contributed by atoms with Gasteiger partial charge in [-0.15, -0.1) is 0 Å². The molecule has 0 saturated heterocycles. The SMILES string of the molecule is CCCCCC(=O)OC(C)=N. The van der Waals surface area contributed by atoms with Crippen LogP contribution in [-0.2, 0) is 9.53 Å². The zero-order valence-electron chi connectivity index (χ0n) is 7.14. The van der Waals surface area contributed by atoms with Crippen LogP contribution >= 0.6 is 0 Å². The Labute approximate surface area is 67.3 Å². The molecule has 11 heavy (non-hydrogen) atoms. The molecule has 0 heterocycles. The normalized spacial score (nSPS) is 9.27. The quantitative estimate of drug-likeness (QED) is 0.294. The van der Waals surface area contributed by atoms with Crippen LogP contribution in [0.15, 0.2) is 0 Å². The molecular formula is C8H15NO2. The van der Waals surface area contributed by atoms with Crippen molar-refractivity contribution in [2.45, 2.75) is 39.5 Å². The first-order chi connectivity index (χ1) is 5.16. The molecule has 0 aliphatic rings. The number of carbonyl (C=O) groups is 1. The van der Waals surface area contributed by atoms with E-state index in [1.165, 1.54) is 6.92 Å². The molecule has 0 unspecified atom stereocenters. The Hall–Kier alpha value is -0.860. The van der Waals surface area contributed by atoms with E-state index in [1.54, 1.807) is 0 Å². The summed E-state index contributed by atoms with van der Waals surface area (Å²) in [6.45, 7) is 3.53. The Kier molecular flexibility index (Phi) is 5.43. The molecule has 0 aromatic carbocycles. The van der Waals surface area contributed by atoms with Gasteiger partial charge in [0.25, 0.3) is 0 Å². The average molecular weight is 157 g/mol. The molecule has 0 aliphatic carbocycles. The lowest BCUT2D eigenvalue weighted by molar-refractivity contribution is -0.135. The van der Waals surface area contributed by atoms with E-state index in [0.29, 0.717) is 6.42 Å². The molecule has 0 rings (SSSR count). The Morgan fingerprint density at radius 1 is 1.45 bits per heavy atom. The third-order valence-corrected chi connectivity index (χ3v) is 1.25. The highest BCUT2D eigenvalue weighted by atomic mass is 16.5. The van der Waals surface area contributed by atoms with Crippen molar-refractivity contribution in [3.05, 3.63) is 0 Å². The van der Waals surface area contributed by atoms with E-state index in [1.807, 2.05) is 0 Å². The predicted molar refractivity (Wildman–Crippen MR) is 43.6 cm³/mol. The topological polar surface area (TPSA) is 50.2 Å². The second-order valence-electron chi connectivity index (χ2n) is 2.49. The van der Waals surface area contributed by atoms with Gasteiger partial charge in [-0.2, -0.15) is 0 Å². The maximum atomic E-state index is 10.8. The molecule has 1 N–H and O–H groups in total. The monoisotopic (exact) mass is 157 g/mol. The van der Waals surface area contributed by atoms with Crippen LogP contribution in [0, 0.1) is 5.41 Å². The van der Waals surface area contributed by atoms with E-state index in [-0.39, 0.29) is 11.9 Å². The van der Waals surface area contributed by atoms with Crippen molar-refractivity contribution in [2.75, 3.05) is 0 Å². The molecule has 3 nitrogen and oxygen atoms in total. The number of nitrogens with one attached hydrogen (secondary N) is 1. The van der Waals surface area contributed by atoms with Crippen molar-refractivity contribution in [3.63, 3.8) is 0 Å². The average Bonchev–Trinajstić information content (AvgIpc) is 1.86. The van der Waals surface area contributed by atoms with E-state index in [4.69, 9.17) is 5.41 Å². The molecule has 0 radical (unpaired) electrons. The number of carbonyl (C=O) groups excluding carboxylic acids is 1. The lowest BCUT2D eigenvalue weighted by Crippen LogP contribution is -2.07. The van der Waals surface area contributed by atoms with Crippen LogP contribution in [0.25, 0.3) is 0 Å². The number of hydrogen-bond donors (Lipinski definition) is 1. The minimum Gasteiger partial charge on any atom is -0.412 e. The Balaban J connectivity index is 3.30. The smallest absolute Gasteiger partial charge is 0.312 e. The van der Waals surface area contributed by atoms with Crippen molar-refractivity contribution >= 4 is 11.9 Å². The number of unbranched alkanes of at least 4 members (excludes halogenated alkanes) is 2. The van der Waals surface area contributed by atoms with Gasteiger partial charge in [-0.3, -0.25) is 10.2 Å². The summed E-state index contributed by atoms with van der Waals surface area (Å²) in [6.07, 6.45) is 3.44. The van der Waals surface area contributed by atoms with E-state index in [9.17, 15) is 4.79 Å². The van der Waals surface area contributed by atoms with Crippen molar-refractivity contribution in [1.29, 1.82) is 5.41 Å². The molecule has 0 fully saturated rings. The molecule has 0 bridgehead atoms. The fraction of sp³-hybridized carbons (Fsp3) is 0.750. The van der Waals surface area contributed by atoms with Crippen molar-refractivity contribution < 1.29 is 9.53 Å². The predicted octanol–water partition coefficient (Wildman–Crippen LogP) is 2.11. The van der Waals surface area contributed by atoms with Gasteiger partial charge < -0.3 is 4.74 Å². The molecule has 0 atom stereocenters. The van der Waals surface area contributed by atoms with Crippen molar-refractivity contribution in [2.24, 2.45) is 0 Å². The van der Waals surface area contributed by atoms with Crippen molar-refractivity contribution in [1.82, 2.24) is 0 Å². The molecule has 0 aromatic rings. The molecule has 0 spiro atoms. The van der Waals surface area contributed by atoms with Gasteiger partial charge in [0, 0.05) is 13.3 Å². The summed E-state index contributed by atoms with van der Waals surface area (Å²) in [5, 5.41) is 6.86. The fourth-order valence-corrected chi connectivity index (χ4v) is 0.741. The van der Waals surface area contributed by atoms with Crippen molar-refractivity contribution in [3.8, 4) is 0 Å². The Bertz CT molecular complexity index is 143. The molecule has 0 aliphatic heterocycles. The maximum absolute atomic E-state index is 10.8. The van der Waals surface area contributed by atoms with E-state index >= 15 is 0 Å². The lowest BCUT2D eigenvalue weighted by atomic mass is 10.2. The highest BCUT2D eigenvalue weighted by Crippen LogP contribution is 2.00. The third-order valence-electron chi connectivity index (χ3n) is 1.25. The molecule has 0 saturated carbocycles. The van der Waals surface area contributed by atoms with Gasteiger partial charge in [0.15, 0.2) is 5.90 Å². The highest BCUT2D eigenvalue weighted by Gasteiger charge is 2.01. The van der Waals surface area contributed by atoms with Crippen LogP contribution in [-0.4, -0.2) is 11.9 Å². The van der Waals surface area contributed by atoms with Gasteiger partial charge in [-0.05, 0) is 6.42 Å². The largest absolute Gasteiger partial charge is 0.412 e. The van der Waals surface area contributed by atoms with Gasteiger partial charge in [-0.25, -0.2) is 0 Å². The summed E-state index contributed by atoms with van der Waals surface area (Å²) >= 11 is 0. The summed E-state index contributed by atoms with van der Waals surface area (Å²) in [7, 11) is 0. The molecule has 0 amide bonds. The fourth-order valence-electron chi connectivity index (χ4n) is 0.741. The number of rotatable bonds is 4. The van der Waals surface area contributed by atoms with Crippen LogP contribution in [0.3, 0.4) is 0 Å². The van der Waals surface area contributed by atoms with Crippen LogP contribution in [0.4, 0.5) is 0 Å². The summed E-state index contributed by atoms with van der Waals surface area (Å²) in [5.41, 5.74) is 0. The third kappa shape index (κ3) is 7.03. The van der Waals surface area contributed by atoms with Crippen LogP contribution < -0.4 is 0 Å². The minimum absolute atomic E-state index is 0.0218. The van der Waals surface area contributed by atoms with Crippen LogP contribution in [0.2, 0.25) is 0 Å².